The van der Waals surface area contributed by atoms with Crippen LogP contribution in [0.15, 0.2) is 23.8 Å². The summed E-state index contributed by atoms with van der Waals surface area (Å²) >= 11 is 0. The summed E-state index contributed by atoms with van der Waals surface area (Å²) in [4.78, 5) is 11.1. The fourth-order valence-corrected chi connectivity index (χ4v) is 1.65. The Hall–Kier alpha value is -1.57. The van der Waals surface area contributed by atoms with E-state index in [1.165, 1.54) is 5.56 Å². The zero-order chi connectivity index (χ0) is 10.8. The van der Waals surface area contributed by atoms with Crippen LogP contribution in [0.1, 0.15) is 25.0 Å². The van der Waals surface area contributed by atoms with Crippen molar-refractivity contribution in [2.45, 2.75) is 20.3 Å². The average Bonchev–Trinajstić information content (AvgIpc) is 2.64. The van der Waals surface area contributed by atoms with Gasteiger partial charge >= 0.3 is 0 Å². The van der Waals surface area contributed by atoms with Crippen LogP contribution in [0.4, 0.5) is 0 Å². The van der Waals surface area contributed by atoms with E-state index in [2.05, 4.69) is 6.07 Å². The highest BCUT2D eigenvalue weighted by Gasteiger charge is 2.11. The lowest BCUT2D eigenvalue weighted by molar-refractivity contribution is -0.113. The second kappa shape index (κ2) is 3.89. The van der Waals surface area contributed by atoms with E-state index in [0.29, 0.717) is 0 Å². The van der Waals surface area contributed by atoms with Gasteiger partial charge in [0.05, 0.1) is 6.61 Å². The summed E-state index contributed by atoms with van der Waals surface area (Å²) in [5.41, 5.74) is 3.10. The minimum Gasteiger partial charge on any atom is -0.493 e. The van der Waals surface area contributed by atoms with Crippen molar-refractivity contribution in [2.75, 3.05) is 6.61 Å². The Morgan fingerprint density at radius 2 is 2.20 bits per heavy atom. The lowest BCUT2D eigenvalue weighted by Crippen LogP contribution is -1.90. The molecule has 2 heteroatoms. The molecular weight excluding hydrogens is 188 g/mol. The topological polar surface area (TPSA) is 26.3 Å². The predicted octanol–water partition coefficient (Wildman–Crippen LogP) is 2.61. The van der Waals surface area contributed by atoms with Gasteiger partial charge in [0.1, 0.15) is 5.75 Å². The van der Waals surface area contributed by atoms with Crippen LogP contribution in [0.2, 0.25) is 0 Å². The van der Waals surface area contributed by atoms with Gasteiger partial charge in [-0.15, -0.1) is 0 Å². The largest absolute Gasteiger partial charge is 0.493 e. The van der Waals surface area contributed by atoms with Gasteiger partial charge in [0.2, 0.25) is 0 Å². The van der Waals surface area contributed by atoms with E-state index in [-0.39, 0.29) is 5.78 Å². The van der Waals surface area contributed by atoms with E-state index in [4.69, 9.17) is 4.74 Å². The minimum atomic E-state index is 0.117. The molecule has 0 aliphatic carbocycles. The first-order chi connectivity index (χ1) is 7.16. The van der Waals surface area contributed by atoms with E-state index in [0.717, 1.165) is 29.9 Å². The number of benzene rings is 1. The van der Waals surface area contributed by atoms with Gasteiger partial charge in [0.25, 0.3) is 0 Å². The normalized spacial score (nSPS) is 14.7. The molecule has 0 saturated carbocycles. The molecule has 1 aromatic rings. The van der Waals surface area contributed by atoms with Crippen molar-refractivity contribution >= 4 is 11.9 Å². The monoisotopic (exact) mass is 202 g/mol. The van der Waals surface area contributed by atoms with Gasteiger partial charge in [-0.25, -0.2) is 0 Å². The maximum atomic E-state index is 11.1. The number of hydrogen-bond acceptors (Lipinski definition) is 2. The van der Waals surface area contributed by atoms with Crippen molar-refractivity contribution in [3.63, 3.8) is 0 Å². The molecule has 2 rings (SSSR count). The molecule has 0 aromatic heterocycles. The molecule has 0 atom stereocenters. The molecular formula is C13H14O2. The van der Waals surface area contributed by atoms with Crippen LogP contribution >= 0.6 is 0 Å². The molecule has 1 aromatic carbocycles. The number of fused-ring (bicyclic) bond motifs is 1. The fourth-order valence-electron chi connectivity index (χ4n) is 1.65. The van der Waals surface area contributed by atoms with Crippen LogP contribution < -0.4 is 4.74 Å². The van der Waals surface area contributed by atoms with Crippen molar-refractivity contribution in [3.8, 4) is 5.75 Å². The summed E-state index contributed by atoms with van der Waals surface area (Å²) in [7, 11) is 0. The first kappa shape index (κ1) is 9.97. The van der Waals surface area contributed by atoms with E-state index in [1.54, 1.807) is 6.92 Å². The third-order valence-electron chi connectivity index (χ3n) is 2.65. The number of carbonyl (C=O) groups is 1. The third kappa shape index (κ3) is 2.09. The third-order valence-corrected chi connectivity index (χ3v) is 2.65. The molecule has 1 aliphatic heterocycles. The molecule has 1 aliphatic rings. The molecule has 0 radical (unpaired) electrons. The predicted molar refractivity (Wildman–Crippen MR) is 60.0 cm³/mol. The zero-order valence-corrected chi connectivity index (χ0v) is 9.04. The van der Waals surface area contributed by atoms with Crippen molar-refractivity contribution < 1.29 is 9.53 Å². The van der Waals surface area contributed by atoms with Gasteiger partial charge in [-0.1, -0.05) is 6.07 Å². The van der Waals surface area contributed by atoms with Gasteiger partial charge in [-0.2, -0.15) is 0 Å². The standard InChI is InChI=1S/C13H14O2/c1-9(10(2)14)7-11-3-4-13-12(8-11)5-6-15-13/h3-4,7-8H,5-6H2,1-2H3/b9-7+. The highest BCUT2D eigenvalue weighted by Crippen LogP contribution is 2.26. The number of ether oxygens (including phenoxy) is 1. The van der Waals surface area contributed by atoms with Gasteiger partial charge in [-0.3, -0.25) is 4.79 Å². The Labute approximate surface area is 89.6 Å². The van der Waals surface area contributed by atoms with E-state index in [9.17, 15) is 4.79 Å². The second-order valence-electron chi connectivity index (χ2n) is 3.85. The lowest BCUT2D eigenvalue weighted by Gasteiger charge is -2.01. The Bertz CT molecular complexity index is 430. The Morgan fingerprint density at radius 1 is 1.40 bits per heavy atom. The number of carbonyl (C=O) groups excluding carboxylic acids is 1. The van der Waals surface area contributed by atoms with Crippen LogP contribution in [-0.2, 0) is 11.2 Å². The van der Waals surface area contributed by atoms with Crippen molar-refractivity contribution in [2.24, 2.45) is 0 Å². The van der Waals surface area contributed by atoms with E-state index < -0.39 is 0 Å². The van der Waals surface area contributed by atoms with Gasteiger partial charge < -0.3 is 4.74 Å². The molecule has 0 fully saturated rings. The van der Waals surface area contributed by atoms with Crippen molar-refractivity contribution in [1.82, 2.24) is 0 Å². The molecule has 78 valence electrons. The number of allylic oxidation sites excluding steroid dienone is 1. The summed E-state index contributed by atoms with van der Waals surface area (Å²) in [6, 6.07) is 6.05. The van der Waals surface area contributed by atoms with Crippen LogP contribution in [0.3, 0.4) is 0 Å². The smallest absolute Gasteiger partial charge is 0.155 e. The summed E-state index contributed by atoms with van der Waals surface area (Å²) in [6.07, 6.45) is 2.89. The summed E-state index contributed by atoms with van der Waals surface area (Å²) in [5, 5.41) is 0. The van der Waals surface area contributed by atoms with Crippen LogP contribution in [0.25, 0.3) is 6.08 Å². The molecule has 0 bridgehead atoms. The average molecular weight is 202 g/mol. The number of ketones is 1. The summed E-state index contributed by atoms with van der Waals surface area (Å²) in [5.74, 6) is 1.10. The number of rotatable bonds is 2. The highest BCUT2D eigenvalue weighted by molar-refractivity contribution is 5.97. The Balaban J connectivity index is 2.31. The SMILES string of the molecule is CC(=O)/C(C)=C/c1ccc2c(c1)CCO2. The molecule has 2 nitrogen and oxygen atoms in total. The number of hydrogen-bond donors (Lipinski definition) is 0. The first-order valence-electron chi connectivity index (χ1n) is 5.12. The Kier molecular flexibility index (Phi) is 2.58. The maximum Gasteiger partial charge on any atom is 0.155 e. The maximum absolute atomic E-state index is 11.1. The fraction of sp³-hybridized carbons (Fsp3) is 0.308. The highest BCUT2D eigenvalue weighted by atomic mass is 16.5. The van der Waals surface area contributed by atoms with Crippen molar-refractivity contribution in [1.29, 1.82) is 0 Å². The molecule has 15 heavy (non-hydrogen) atoms. The van der Waals surface area contributed by atoms with Gasteiger partial charge in [0.15, 0.2) is 5.78 Å². The van der Waals surface area contributed by atoms with E-state index in [1.807, 2.05) is 25.1 Å². The summed E-state index contributed by atoms with van der Waals surface area (Å²) in [6.45, 7) is 4.20. The lowest BCUT2D eigenvalue weighted by atomic mass is 10.1. The van der Waals surface area contributed by atoms with Crippen LogP contribution in [-0.4, -0.2) is 12.4 Å². The molecule has 1 heterocycles. The molecule has 0 spiro atoms. The molecule has 0 saturated heterocycles. The van der Waals surface area contributed by atoms with E-state index >= 15 is 0 Å². The van der Waals surface area contributed by atoms with Gasteiger partial charge in [-0.05, 0) is 48.8 Å². The Morgan fingerprint density at radius 3 is 2.93 bits per heavy atom. The zero-order valence-electron chi connectivity index (χ0n) is 9.04. The minimum absolute atomic E-state index is 0.117. The van der Waals surface area contributed by atoms with Crippen LogP contribution in [0, 0.1) is 0 Å². The van der Waals surface area contributed by atoms with Crippen molar-refractivity contribution in [3.05, 3.63) is 34.9 Å². The quantitative estimate of drug-likeness (QED) is 0.689. The molecule has 0 amide bonds. The summed E-state index contributed by atoms with van der Waals surface area (Å²) < 4.78 is 5.42. The first-order valence-corrected chi connectivity index (χ1v) is 5.12. The number of Topliss-reactive ketones (excluding diaryl/α,β-unsaturated/α-hetero) is 1. The molecule has 0 N–H and O–H groups in total. The van der Waals surface area contributed by atoms with Crippen LogP contribution in [0.5, 0.6) is 5.75 Å². The second-order valence-corrected chi connectivity index (χ2v) is 3.85. The molecule has 0 unspecified atom stereocenters. The van der Waals surface area contributed by atoms with Gasteiger partial charge in [0, 0.05) is 6.42 Å².